The van der Waals surface area contributed by atoms with Gasteiger partial charge < -0.3 is 20.1 Å². The number of amides is 1. The maximum absolute atomic E-state index is 13.2. The second-order valence-corrected chi connectivity index (χ2v) is 31.1. The van der Waals surface area contributed by atoms with Crippen LogP contribution >= 0.6 is 0 Å². The number of ether oxygens (including phenoxy) is 2. The van der Waals surface area contributed by atoms with Crippen molar-refractivity contribution in [3.8, 4) is 102 Å². The standard InChI is InChI=1S/C26H33N7O.C26H30N6O.C20H20FN5.C16H12N6O/c1-18(2)15-24-27-26(31-29-24)20-7-8-23-22(17-20)25(30-28-23)19-5-4-6-21(16-19)34-14-13-33-11-9-32(3)10-12-33;1-2-11-32(12-3-1)13-14-33-21-6-4-5-19(16-21)25-22-17-20(9-10-23(22)28-30-25)26-27-24(29-31-26)15-18-7-8-18;1-4-20(2,3)19-22-18(25-26-19)13-7-10-16-15(11-13)17(24-23-16)12-5-8-14(21)9-6-12;17-15(23)10-3-1-2-9(6-10)14-12-7-11(16-18-8-19-22-16)4-5-13(12)20-21-14/h4-8,16-18H,9-15H2,1-3H3,(H,28,30)(H,27,29,31);4-6,9-10,16-18H,1-3,7-8,11-15H2,(H,28,30)(H,27,29,31);5-11H,4H2,1-3H3,(H,23,24)(H,22,25,26);1-8H,(H2,17,23)(H,20,21)(H,18,19,22). The van der Waals surface area contributed by atoms with Gasteiger partial charge in [0.15, 0.2) is 23.3 Å². The van der Waals surface area contributed by atoms with Crippen molar-refractivity contribution in [1.82, 2.24) is 116 Å². The van der Waals surface area contributed by atoms with Crippen LogP contribution in [-0.4, -0.2) is 195 Å². The van der Waals surface area contributed by atoms with Crippen molar-refractivity contribution in [2.24, 2.45) is 17.6 Å². The summed E-state index contributed by atoms with van der Waals surface area (Å²) in [6, 6.07) is 54.0. The lowest BCUT2D eigenvalue weighted by Gasteiger charge is -2.32. The van der Waals surface area contributed by atoms with Crippen LogP contribution in [0.3, 0.4) is 0 Å². The van der Waals surface area contributed by atoms with E-state index in [-0.39, 0.29) is 11.2 Å². The zero-order chi connectivity index (χ0) is 79.7. The number of nitrogens with one attached hydrogen (secondary N) is 8. The number of hydrogen-bond acceptors (Lipinski definition) is 18. The lowest BCUT2D eigenvalue weighted by atomic mass is 9.89. The lowest BCUT2D eigenvalue weighted by molar-refractivity contribution is 0.1000. The maximum Gasteiger partial charge on any atom is 0.248 e. The first-order chi connectivity index (χ1) is 56.6. The number of benzene rings is 8. The van der Waals surface area contributed by atoms with E-state index in [1.807, 2.05) is 78.9 Å². The van der Waals surface area contributed by atoms with E-state index in [0.29, 0.717) is 42.2 Å². The number of carbonyl (C=O) groups is 1. The molecule has 0 atom stereocenters. The van der Waals surface area contributed by atoms with Gasteiger partial charge in [0.1, 0.15) is 65.7 Å². The van der Waals surface area contributed by atoms with E-state index < -0.39 is 5.91 Å². The predicted octanol–water partition coefficient (Wildman–Crippen LogP) is 15.6. The minimum absolute atomic E-state index is 0.0513. The number of piperazine rings is 1. The Labute approximate surface area is 669 Å². The Morgan fingerprint density at radius 1 is 0.500 bits per heavy atom. The molecule has 0 bridgehead atoms. The van der Waals surface area contributed by atoms with Crippen molar-refractivity contribution in [1.29, 1.82) is 0 Å². The summed E-state index contributed by atoms with van der Waals surface area (Å²) in [7, 11) is 2.18. The molecule has 19 rings (SSSR count). The van der Waals surface area contributed by atoms with Crippen molar-refractivity contribution in [2.75, 3.05) is 72.6 Å². The zero-order valence-corrected chi connectivity index (χ0v) is 66.0. The van der Waals surface area contributed by atoms with Gasteiger partial charge in [-0.05, 0) is 198 Å². The number of fused-ring (bicyclic) bond motifs is 4. The molecule has 16 aromatic rings. The van der Waals surface area contributed by atoms with Gasteiger partial charge in [-0.15, -0.1) is 0 Å². The lowest BCUT2D eigenvalue weighted by Crippen LogP contribution is -2.45. The summed E-state index contributed by atoms with van der Waals surface area (Å²) in [6.07, 6.45) is 10.9. The normalized spacial score (nSPS) is 14.2. The number of primary amides is 1. The minimum Gasteiger partial charge on any atom is -0.492 e. The molecule has 8 aromatic heterocycles. The average Bonchev–Trinajstić information content (AvgIpc) is 1.65. The van der Waals surface area contributed by atoms with Crippen molar-refractivity contribution in [2.45, 2.75) is 91.4 Å². The van der Waals surface area contributed by atoms with Crippen LogP contribution in [0.1, 0.15) is 101 Å². The van der Waals surface area contributed by atoms with Gasteiger partial charge in [0.25, 0.3) is 0 Å². The zero-order valence-electron chi connectivity index (χ0n) is 66.0. The van der Waals surface area contributed by atoms with Crippen LogP contribution in [0.2, 0.25) is 0 Å². The molecule has 2 saturated heterocycles. The monoisotopic (exact) mass is 1550 g/mol. The van der Waals surface area contributed by atoms with Crippen molar-refractivity contribution in [3.05, 3.63) is 205 Å². The van der Waals surface area contributed by atoms with Gasteiger partial charge >= 0.3 is 0 Å². The van der Waals surface area contributed by atoms with Crippen LogP contribution in [0.25, 0.3) is 134 Å². The number of likely N-dealkylation sites (N-methyl/N-ethyl adjacent to an activating group) is 1. The number of aromatic nitrogens is 20. The molecule has 3 fully saturated rings. The molecule has 1 amide bonds. The van der Waals surface area contributed by atoms with Gasteiger partial charge in [-0.2, -0.15) is 40.8 Å². The molecule has 1 aliphatic carbocycles. The highest BCUT2D eigenvalue weighted by atomic mass is 19.1. The first kappa shape index (κ1) is 77.0. The molecule has 2 aliphatic heterocycles. The first-order valence-electron chi connectivity index (χ1n) is 39.9. The highest BCUT2D eigenvalue weighted by molar-refractivity contribution is 6.00. The number of H-pyrrole nitrogens is 8. The number of nitrogens with zero attached hydrogens (tertiary/aromatic N) is 15. The molecule has 0 radical (unpaired) electrons. The molecule has 8 aromatic carbocycles. The summed E-state index contributed by atoms with van der Waals surface area (Å²) in [5, 5.41) is 63.5. The fraction of sp³-hybridized carbons (Fsp3) is 0.307. The Bertz CT molecular complexity index is 5990. The SMILES string of the molecule is CC(C)Cc1nc(-c2ccc3[nH]nc(-c4cccc(OCCN5CCN(C)CC5)c4)c3c2)n[nH]1.CCC(C)(C)c1nc(-c2ccc3[nH]nc(-c4ccc(F)cc4)c3c2)n[nH]1.NC(=O)c1cccc(-c2n[nH]c3ccc(-c4ncn[nH]4)cc23)c1.c1cc(OCCN2CCCCC2)cc(-c2n[nH]c3ccc(-c4n[nH]c(CC5CC5)n4)cc23)c1. The van der Waals surface area contributed by atoms with Gasteiger partial charge in [0.05, 0.1) is 33.5 Å². The Morgan fingerprint density at radius 3 is 1.47 bits per heavy atom. The number of nitrogens with two attached hydrogens (primary N) is 1. The quantitative estimate of drug-likeness (QED) is 0.0287. The third-order valence-electron chi connectivity index (χ3n) is 21.7. The Morgan fingerprint density at radius 2 is 0.966 bits per heavy atom. The molecule has 116 heavy (non-hydrogen) atoms. The van der Waals surface area contributed by atoms with Gasteiger partial charge in [-0.25, -0.2) is 24.3 Å². The van der Waals surface area contributed by atoms with Crippen LogP contribution in [0.4, 0.5) is 4.39 Å². The molecule has 3 aliphatic rings. The number of hydrogen-bond donors (Lipinski definition) is 9. The summed E-state index contributed by atoms with van der Waals surface area (Å²) >= 11 is 0. The minimum atomic E-state index is -0.464. The van der Waals surface area contributed by atoms with Gasteiger partial charge in [-0.3, -0.25) is 55.4 Å². The molecule has 592 valence electrons. The third-order valence-corrected chi connectivity index (χ3v) is 21.7. The van der Waals surface area contributed by atoms with E-state index in [2.05, 4.69) is 201 Å². The molecular formula is C88H95FN24O3. The fourth-order valence-electron chi connectivity index (χ4n) is 14.5. The molecule has 1 saturated carbocycles. The highest BCUT2D eigenvalue weighted by Gasteiger charge is 2.26. The molecule has 0 unspecified atom stereocenters. The van der Waals surface area contributed by atoms with Gasteiger partial charge in [0, 0.05) is 129 Å². The smallest absolute Gasteiger partial charge is 0.248 e. The van der Waals surface area contributed by atoms with E-state index in [4.69, 9.17) is 20.2 Å². The molecule has 10 N–H and O–H groups in total. The number of halogens is 1. The van der Waals surface area contributed by atoms with Crippen molar-refractivity contribution >= 4 is 49.5 Å². The highest BCUT2D eigenvalue weighted by Crippen LogP contribution is 2.38. The predicted molar refractivity (Wildman–Crippen MR) is 450 cm³/mol. The summed E-state index contributed by atoms with van der Waals surface area (Å²) in [5.41, 5.74) is 20.4. The van der Waals surface area contributed by atoms with Crippen LogP contribution in [-0.2, 0) is 18.3 Å². The number of carbonyl (C=O) groups excluding carboxylic acids is 1. The average molecular weight is 1560 g/mol. The van der Waals surface area contributed by atoms with Crippen molar-refractivity contribution < 1.29 is 18.7 Å². The van der Waals surface area contributed by atoms with Crippen LogP contribution in [0.15, 0.2) is 176 Å². The third kappa shape index (κ3) is 18.3. The molecule has 27 nitrogen and oxygen atoms in total. The molecule has 10 heterocycles. The largest absolute Gasteiger partial charge is 0.492 e. The van der Waals surface area contributed by atoms with E-state index in [1.165, 1.54) is 63.7 Å². The van der Waals surface area contributed by atoms with Crippen LogP contribution in [0.5, 0.6) is 11.5 Å². The molecule has 0 spiro atoms. The fourth-order valence-corrected chi connectivity index (χ4v) is 14.5. The second-order valence-electron chi connectivity index (χ2n) is 31.1. The Kier molecular flexibility index (Phi) is 23.1. The second kappa shape index (κ2) is 34.8. The number of piperidine rings is 1. The van der Waals surface area contributed by atoms with Crippen molar-refractivity contribution in [3.63, 3.8) is 0 Å². The molecule has 28 heteroatoms. The number of aromatic amines is 8. The topological polar surface area (TPSA) is 352 Å². The number of likely N-dealkylation sites (tertiary alicyclic amines) is 1. The van der Waals surface area contributed by atoms with Crippen LogP contribution < -0.4 is 15.2 Å². The summed E-state index contributed by atoms with van der Waals surface area (Å²) in [4.78, 5) is 36.9. The molecular weight excluding hydrogens is 1460 g/mol. The van der Waals surface area contributed by atoms with E-state index >= 15 is 0 Å². The Balaban J connectivity index is 0.000000117. The Hall–Kier alpha value is -12.9. The first-order valence-corrected chi connectivity index (χ1v) is 39.9. The maximum atomic E-state index is 13.2. The number of rotatable bonds is 23. The van der Waals surface area contributed by atoms with E-state index in [0.717, 1.165) is 210 Å². The summed E-state index contributed by atoms with van der Waals surface area (Å²) in [6.45, 7) is 20.9. The van der Waals surface area contributed by atoms with E-state index in [1.54, 1.807) is 30.3 Å². The van der Waals surface area contributed by atoms with E-state index in [9.17, 15) is 9.18 Å². The van der Waals surface area contributed by atoms with Gasteiger partial charge in [0.2, 0.25) is 5.91 Å². The van der Waals surface area contributed by atoms with Crippen LogP contribution in [0, 0.1) is 17.7 Å². The summed E-state index contributed by atoms with van der Waals surface area (Å²) in [5.74, 6) is 7.91. The van der Waals surface area contributed by atoms with Gasteiger partial charge in [-0.1, -0.05) is 77.4 Å². The summed E-state index contributed by atoms with van der Waals surface area (Å²) < 4.78 is 25.4.